The van der Waals surface area contributed by atoms with Crippen LogP contribution in [0.1, 0.15) is 28.0 Å². The van der Waals surface area contributed by atoms with Gasteiger partial charge in [-0.25, -0.2) is 13.6 Å². The topological polar surface area (TPSA) is 39.2 Å². The van der Waals surface area contributed by atoms with Gasteiger partial charge in [0.15, 0.2) is 0 Å². The minimum Gasteiger partial charge on any atom is -0.465 e. The zero-order chi connectivity index (χ0) is 12.3. The number of ether oxygens (including phenoxy) is 1. The monoisotopic (exact) mass is 361 g/mol. The number of hydrogen-bond acceptors (Lipinski definition) is 3. The maximum Gasteiger partial charge on any atom is 0.339 e. The van der Waals surface area contributed by atoms with Gasteiger partial charge in [0.05, 0.1) is 12.7 Å². The van der Waals surface area contributed by atoms with Gasteiger partial charge < -0.3 is 4.74 Å². The Balaban J connectivity index is 3.35. The van der Waals surface area contributed by atoms with E-state index in [0.717, 1.165) is 6.20 Å². The number of halogens is 4. The molecule has 1 aromatic rings. The highest BCUT2D eigenvalue weighted by Gasteiger charge is 2.21. The summed E-state index contributed by atoms with van der Waals surface area (Å²) in [5.41, 5.74) is 0.0645. The van der Waals surface area contributed by atoms with Crippen molar-refractivity contribution in [1.82, 2.24) is 4.98 Å². The Kier molecular flexibility index (Phi) is 4.85. The van der Waals surface area contributed by atoms with Gasteiger partial charge in [-0.1, -0.05) is 0 Å². The van der Waals surface area contributed by atoms with Crippen LogP contribution in [0.5, 0.6) is 0 Å². The van der Waals surface area contributed by atoms with Crippen LogP contribution in [-0.2, 0) is 10.6 Å². The first-order valence-corrected chi connectivity index (χ1v) is 5.74. The van der Waals surface area contributed by atoms with Gasteiger partial charge in [0.1, 0.15) is 5.69 Å². The summed E-state index contributed by atoms with van der Waals surface area (Å²) in [6, 6.07) is 0. The molecule has 1 rings (SSSR count). The molecule has 0 spiro atoms. The van der Waals surface area contributed by atoms with E-state index in [1.807, 2.05) is 0 Å². The van der Waals surface area contributed by atoms with Crippen LogP contribution in [0.25, 0.3) is 0 Å². The van der Waals surface area contributed by atoms with Crippen LogP contribution >= 0.6 is 34.2 Å². The lowest BCUT2D eigenvalue weighted by atomic mass is 10.1. The predicted octanol–water partition coefficient (Wildman–Crippen LogP) is 3.15. The number of aromatic nitrogens is 1. The van der Waals surface area contributed by atoms with E-state index in [9.17, 15) is 13.6 Å². The first-order valence-electron chi connectivity index (χ1n) is 4.12. The van der Waals surface area contributed by atoms with E-state index >= 15 is 0 Å². The Bertz CT molecular complexity index is 415. The van der Waals surface area contributed by atoms with Crippen molar-refractivity contribution in [3.05, 3.63) is 26.6 Å². The van der Waals surface area contributed by atoms with Crippen LogP contribution in [0.3, 0.4) is 0 Å². The molecule has 0 saturated heterocycles. The molecule has 0 N–H and O–H groups in total. The molecule has 7 heteroatoms. The highest BCUT2D eigenvalue weighted by Crippen LogP contribution is 2.28. The smallest absolute Gasteiger partial charge is 0.339 e. The molecule has 0 unspecified atom stereocenters. The molecule has 0 fully saturated rings. The van der Waals surface area contributed by atoms with Gasteiger partial charge in [-0.05, 0) is 28.2 Å². The molecule has 1 aromatic heterocycles. The van der Waals surface area contributed by atoms with Gasteiger partial charge in [0.25, 0.3) is 6.43 Å². The first kappa shape index (κ1) is 13.6. The summed E-state index contributed by atoms with van der Waals surface area (Å²) in [6.07, 6.45) is -1.63. The second kappa shape index (κ2) is 5.72. The SMILES string of the molecule is COC(=O)c1cnc(C(F)F)c(I)c1CCl. The molecule has 0 atom stereocenters. The summed E-state index contributed by atoms with van der Waals surface area (Å²) in [5, 5.41) is 0. The Labute approximate surface area is 109 Å². The molecular weight excluding hydrogens is 354 g/mol. The van der Waals surface area contributed by atoms with Crippen LogP contribution < -0.4 is 0 Å². The summed E-state index contributed by atoms with van der Waals surface area (Å²) in [4.78, 5) is 14.9. The number of nitrogens with zero attached hydrogens (tertiary/aromatic N) is 1. The first-order chi connectivity index (χ1) is 7.52. The average molecular weight is 362 g/mol. The van der Waals surface area contributed by atoms with E-state index < -0.39 is 12.4 Å². The van der Waals surface area contributed by atoms with Crippen molar-refractivity contribution in [2.75, 3.05) is 7.11 Å². The van der Waals surface area contributed by atoms with Crippen LogP contribution in [-0.4, -0.2) is 18.1 Å². The van der Waals surface area contributed by atoms with Gasteiger partial charge in [-0.15, -0.1) is 11.6 Å². The Morgan fingerprint density at radius 2 is 2.31 bits per heavy atom. The fraction of sp³-hybridized carbons (Fsp3) is 0.333. The highest BCUT2D eigenvalue weighted by atomic mass is 127. The van der Waals surface area contributed by atoms with E-state index in [4.69, 9.17) is 11.6 Å². The zero-order valence-electron chi connectivity index (χ0n) is 8.14. The molecule has 0 radical (unpaired) electrons. The molecule has 0 aliphatic heterocycles. The molecule has 0 aliphatic carbocycles. The van der Waals surface area contributed by atoms with E-state index in [2.05, 4.69) is 9.72 Å². The van der Waals surface area contributed by atoms with Gasteiger partial charge in [0.2, 0.25) is 0 Å². The van der Waals surface area contributed by atoms with Gasteiger partial charge in [-0.3, -0.25) is 4.98 Å². The van der Waals surface area contributed by atoms with Crippen molar-refractivity contribution >= 4 is 40.2 Å². The third-order valence-corrected chi connectivity index (χ3v) is 3.36. The third kappa shape index (κ3) is 2.60. The van der Waals surface area contributed by atoms with Crippen molar-refractivity contribution < 1.29 is 18.3 Å². The zero-order valence-corrected chi connectivity index (χ0v) is 11.1. The lowest BCUT2D eigenvalue weighted by Gasteiger charge is -2.10. The molecule has 3 nitrogen and oxygen atoms in total. The summed E-state index contributed by atoms with van der Waals surface area (Å²) in [6.45, 7) is 0. The van der Waals surface area contributed by atoms with Crippen LogP contribution in [0.15, 0.2) is 6.20 Å². The summed E-state index contributed by atoms with van der Waals surface area (Å²) >= 11 is 7.33. The second-order valence-electron chi connectivity index (χ2n) is 2.78. The van der Waals surface area contributed by atoms with E-state index in [1.165, 1.54) is 7.11 Å². The van der Waals surface area contributed by atoms with Crippen LogP contribution in [0.4, 0.5) is 8.78 Å². The Morgan fingerprint density at radius 3 is 2.75 bits per heavy atom. The van der Waals surface area contributed by atoms with Crippen molar-refractivity contribution in [1.29, 1.82) is 0 Å². The lowest BCUT2D eigenvalue weighted by molar-refractivity contribution is 0.0598. The third-order valence-electron chi connectivity index (χ3n) is 1.89. The summed E-state index contributed by atoms with van der Waals surface area (Å²) < 4.78 is 29.8. The normalized spacial score (nSPS) is 10.6. The van der Waals surface area contributed by atoms with Crippen LogP contribution in [0, 0.1) is 3.57 Å². The standard InChI is InChI=1S/C9H7ClF2INO2/c1-16-9(15)5-3-14-7(8(11)12)6(13)4(5)2-10/h3,8H,2H2,1H3. The van der Waals surface area contributed by atoms with Gasteiger partial charge in [-0.2, -0.15) is 0 Å². The Morgan fingerprint density at radius 1 is 1.69 bits per heavy atom. The molecule has 0 bridgehead atoms. The molecule has 1 heterocycles. The van der Waals surface area contributed by atoms with E-state index in [0.29, 0.717) is 5.56 Å². The summed E-state index contributed by atoms with van der Waals surface area (Å²) in [5.74, 6) is -0.688. The predicted molar refractivity (Wildman–Crippen MR) is 62.8 cm³/mol. The molecule has 0 saturated carbocycles. The highest BCUT2D eigenvalue weighted by molar-refractivity contribution is 14.1. The molecule has 0 amide bonds. The molecular formula is C9H7ClF2INO2. The van der Waals surface area contributed by atoms with Crippen molar-refractivity contribution in [3.8, 4) is 0 Å². The number of esters is 1. The Hall–Kier alpha value is -0.500. The molecule has 16 heavy (non-hydrogen) atoms. The van der Waals surface area contributed by atoms with E-state index in [-0.39, 0.29) is 20.7 Å². The fourth-order valence-corrected chi connectivity index (χ4v) is 2.47. The average Bonchev–Trinajstić information content (AvgIpc) is 2.26. The number of carbonyl (C=O) groups is 1. The fourth-order valence-electron chi connectivity index (χ4n) is 1.11. The number of methoxy groups -OCH3 is 1. The number of carbonyl (C=O) groups excluding carboxylic acids is 1. The quantitative estimate of drug-likeness (QED) is 0.472. The molecule has 0 aromatic carbocycles. The van der Waals surface area contributed by atoms with Gasteiger partial charge in [0, 0.05) is 15.6 Å². The molecule has 88 valence electrons. The summed E-state index contributed by atoms with van der Waals surface area (Å²) in [7, 11) is 1.20. The van der Waals surface area contributed by atoms with Crippen molar-refractivity contribution in [3.63, 3.8) is 0 Å². The van der Waals surface area contributed by atoms with E-state index in [1.54, 1.807) is 22.6 Å². The largest absolute Gasteiger partial charge is 0.465 e. The molecule has 0 aliphatic rings. The second-order valence-corrected chi connectivity index (χ2v) is 4.12. The maximum atomic E-state index is 12.5. The van der Waals surface area contributed by atoms with Crippen molar-refractivity contribution in [2.24, 2.45) is 0 Å². The van der Waals surface area contributed by atoms with Gasteiger partial charge >= 0.3 is 5.97 Å². The number of pyridine rings is 1. The lowest BCUT2D eigenvalue weighted by Crippen LogP contribution is -2.10. The minimum atomic E-state index is -2.69. The maximum absolute atomic E-state index is 12.5. The minimum absolute atomic E-state index is 0.0506. The van der Waals surface area contributed by atoms with Crippen molar-refractivity contribution in [2.45, 2.75) is 12.3 Å². The number of hydrogen-bond donors (Lipinski definition) is 0. The number of alkyl halides is 3. The van der Waals surface area contributed by atoms with Crippen LogP contribution in [0.2, 0.25) is 0 Å². The number of rotatable bonds is 3.